The van der Waals surface area contributed by atoms with Gasteiger partial charge in [0.1, 0.15) is 0 Å². The maximum absolute atomic E-state index is 12.1. The Morgan fingerprint density at radius 1 is 1.55 bits per heavy atom. The number of nitrogens with two attached hydrogens (primary N) is 1. The van der Waals surface area contributed by atoms with Crippen molar-refractivity contribution in [3.63, 3.8) is 0 Å². The molecule has 108 valence electrons. The van der Waals surface area contributed by atoms with Gasteiger partial charge in [-0.25, -0.2) is 0 Å². The minimum Gasteiger partial charge on any atom is -0.395 e. The number of aromatic nitrogens is 4. The number of nitrogens with one attached hydrogen (secondary N) is 2. The molecule has 0 spiro atoms. The highest BCUT2D eigenvalue weighted by atomic mass is 16.2. The zero-order chi connectivity index (χ0) is 14.7. The summed E-state index contributed by atoms with van der Waals surface area (Å²) in [5, 5.41) is 13.7. The van der Waals surface area contributed by atoms with Crippen LogP contribution in [0.5, 0.6) is 0 Å². The van der Waals surface area contributed by atoms with Gasteiger partial charge in [0.05, 0.1) is 23.3 Å². The van der Waals surface area contributed by atoms with Crippen LogP contribution in [0.15, 0.2) is 12.4 Å². The van der Waals surface area contributed by atoms with Crippen LogP contribution in [-0.2, 0) is 6.42 Å². The molecule has 1 amide bonds. The Kier molecular flexibility index (Phi) is 4.07. The number of rotatable bonds is 5. The number of anilines is 2. The molecule has 0 unspecified atom stereocenters. The van der Waals surface area contributed by atoms with Gasteiger partial charge in [-0.3, -0.25) is 14.6 Å². The van der Waals surface area contributed by atoms with Crippen molar-refractivity contribution in [2.45, 2.75) is 39.7 Å². The lowest BCUT2D eigenvalue weighted by Crippen LogP contribution is -2.14. The molecule has 2 aromatic rings. The molecule has 0 atom stereocenters. The van der Waals surface area contributed by atoms with E-state index >= 15 is 0 Å². The summed E-state index contributed by atoms with van der Waals surface area (Å²) in [7, 11) is 0. The second-order valence-electron chi connectivity index (χ2n) is 4.97. The second kappa shape index (κ2) is 5.77. The molecule has 20 heavy (non-hydrogen) atoms. The maximum atomic E-state index is 12.1. The molecular weight excluding hydrogens is 256 g/mol. The minimum absolute atomic E-state index is 0.228. The molecule has 7 nitrogen and oxygen atoms in total. The second-order valence-corrected chi connectivity index (χ2v) is 4.97. The van der Waals surface area contributed by atoms with Crippen molar-refractivity contribution >= 4 is 17.3 Å². The van der Waals surface area contributed by atoms with E-state index in [0.717, 1.165) is 18.5 Å². The Morgan fingerprint density at radius 2 is 2.30 bits per heavy atom. The lowest BCUT2D eigenvalue weighted by Gasteiger charge is -2.03. The molecule has 0 fully saturated rings. The van der Waals surface area contributed by atoms with Crippen LogP contribution in [0.3, 0.4) is 0 Å². The van der Waals surface area contributed by atoms with Gasteiger partial charge in [-0.1, -0.05) is 13.3 Å². The Hall–Kier alpha value is -2.31. The summed E-state index contributed by atoms with van der Waals surface area (Å²) in [5.74, 6) is -0.329. The van der Waals surface area contributed by atoms with Gasteiger partial charge in [0.25, 0.3) is 5.91 Å². The van der Waals surface area contributed by atoms with Crippen molar-refractivity contribution in [1.82, 2.24) is 20.0 Å². The standard InChI is InChI=1S/C13H20N6O/c1-4-5-10-11(14)12(18-17-10)13(20)16-9-6-15-19(7-9)8(2)3/h6-8H,4-5,14H2,1-3H3,(H,16,20)(H,17,18). The topological polar surface area (TPSA) is 102 Å². The van der Waals surface area contributed by atoms with Crippen LogP contribution in [0.4, 0.5) is 11.4 Å². The van der Waals surface area contributed by atoms with Crippen LogP contribution in [0.25, 0.3) is 0 Å². The average molecular weight is 276 g/mol. The third-order valence-electron chi connectivity index (χ3n) is 2.99. The summed E-state index contributed by atoms with van der Waals surface area (Å²) in [6, 6.07) is 0.243. The molecule has 2 aromatic heterocycles. The Bertz CT molecular complexity index is 598. The molecule has 0 aliphatic carbocycles. The highest BCUT2D eigenvalue weighted by Gasteiger charge is 2.17. The van der Waals surface area contributed by atoms with Gasteiger partial charge in [-0.05, 0) is 20.3 Å². The average Bonchev–Trinajstić information content (AvgIpc) is 2.98. The predicted octanol–water partition coefficient (Wildman–Crippen LogP) is 1.97. The highest BCUT2D eigenvalue weighted by molar-refractivity contribution is 6.06. The maximum Gasteiger partial charge on any atom is 0.278 e. The largest absolute Gasteiger partial charge is 0.395 e. The number of hydrogen-bond acceptors (Lipinski definition) is 4. The molecule has 0 saturated heterocycles. The summed E-state index contributed by atoms with van der Waals surface area (Å²) in [4.78, 5) is 12.1. The first-order chi connectivity index (χ1) is 9.52. The normalized spacial score (nSPS) is 11.0. The fourth-order valence-corrected chi connectivity index (χ4v) is 1.88. The molecular formula is C13H20N6O. The predicted molar refractivity (Wildman–Crippen MR) is 77.6 cm³/mol. The molecule has 4 N–H and O–H groups in total. The number of aromatic amines is 1. The molecule has 0 aromatic carbocycles. The fourth-order valence-electron chi connectivity index (χ4n) is 1.88. The van der Waals surface area contributed by atoms with Gasteiger partial charge in [-0.15, -0.1) is 0 Å². The monoisotopic (exact) mass is 276 g/mol. The van der Waals surface area contributed by atoms with Crippen molar-refractivity contribution in [3.05, 3.63) is 23.8 Å². The number of aryl methyl sites for hydroxylation is 1. The number of nitrogen functional groups attached to an aromatic ring is 1. The minimum atomic E-state index is -0.329. The van der Waals surface area contributed by atoms with Crippen molar-refractivity contribution in [3.8, 4) is 0 Å². The van der Waals surface area contributed by atoms with E-state index in [1.807, 2.05) is 20.8 Å². The van der Waals surface area contributed by atoms with E-state index in [1.165, 1.54) is 0 Å². The van der Waals surface area contributed by atoms with Crippen molar-refractivity contribution < 1.29 is 4.79 Å². The zero-order valence-corrected chi connectivity index (χ0v) is 12.0. The SMILES string of the molecule is CCCc1[nH]nc(C(=O)Nc2cnn(C(C)C)c2)c1N. The van der Waals surface area contributed by atoms with E-state index < -0.39 is 0 Å². The van der Waals surface area contributed by atoms with Gasteiger partial charge in [0.15, 0.2) is 5.69 Å². The molecule has 0 bridgehead atoms. The van der Waals surface area contributed by atoms with Gasteiger partial charge >= 0.3 is 0 Å². The highest BCUT2D eigenvalue weighted by Crippen LogP contribution is 2.17. The number of carbonyl (C=O) groups is 1. The van der Waals surface area contributed by atoms with Crippen LogP contribution in [0.2, 0.25) is 0 Å². The number of nitrogens with zero attached hydrogens (tertiary/aromatic N) is 3. The molecule has 0 aliphatic heterocycles. The van der Waals surface area contributed by atoms with Crippen LogP contribution in [0, 0.1) is 0 Å². The number of carbonyl (C=O) groups excluding carboxylic acids is 1. The third kappa shape index (κ3) is 2.81. The molecule has 2 heterocycles. The molecule has 0 saturated carbocycles. The van der Waals surface area contributed by atoms with E-state index in [9.17, 15) is 4.79 Å². The third-order valence-corrected chi connectivity index (χ3v) is 2.99. The first kappa shape index (κ1) is 14.1. The smallest absolute Gasteiger partial charge is 0.278 e. The zero-order valence-electron chi connectivity index (χ0n) is 12.0. The molecule has 2 rings (SSSR count). The van der Waals surface area contributed by atoms with Crippen molar-refractivity contribution in [1.29, 1.82) is 0 Å². The van der Waals surface area contributed by atoms with E-state index in [-0.39, 0.29) is 17.6 Å². The number of hydrogen-bond donors (Lipinski definition) is 3. The van der Waals surface area contributed by atoms with Crippen LogP contribution in [-0.4, -0.2) is 25.9 Å². The van der Waals surface area contributed by atoms with Crippen LogP contribution >= 0.6 is 0 Å². The number of amides is 1. The van der Waals surface area contributed by atoms with Crippen molar-refractivity contribution in [2.75, 3.05) is 11.1 Å². The quantitative estimate of drug-likeness (QED) is 0.777. The number of H-pyrrole nitrogens is 1. The van der Waals surface area contributed by atoms with E-state index in [1.54, 1.807) is 17.1 Å². The van der Waals surface area contributed by atoms with Gasteiger partial charge in [-0.2, -0.15) is 10.2 Å². The Labute approximate surface area is 117 Å². The molecule has 7 heteroatoms. The van der Waals surface area contributed by atoms with Crippen LogP contribution < -0.4 is 11.1 Å². The first-order valence-corrected chi connectivity index (χ1v) is 6.71. The van der Waals surface area contributed by atoms with Gasteiger partial charge in [0, 0.05) is 12.2 Å². The Balaban J connectivity index is 2.11. The first-order valence-electron chi connectivity index (χ1n) is 6.71. The van der Waals surface area contributed by atoms with E-state index in [2.05, 4.69) is 20.6 Å². The Morgan fingerprint density at radius 3 is 2.90 bits per heavy atom. The summed E-state index contributed by atoms with van der Waals surface area (Å²) < 4.78 is 1.77. The summed E-state index contributed by atoms with van der Waals surface area (Å²) in [6.45, 7) is 6.07. The fraction of sp³-hybridized carbons (Fsp3) is 0.462. The van der Waals surface area contributed by atoms with Gasteiger partial charge in [0.2, 0.25) is 0 Å². The lowest BCUT2D eigenvalue weighted by molar-refractivity contribution is 0.102. The van der Waals surface area contributed by atoms with E-state index in [0.29, 0.717) is 11.4 Å². The molecule has 0 aliphatic rings. The lowest BCUT2D eigenvalue weighted by atomic mass is 10.2. The van der Waals surface area contributed by atoms with E-state index in [4.69, 9.17) is 5.73 Å². The summed E-state index contributed by atoms with van der Waals surface area (Å²) >= 11 is 0. The van der Waals surface area contributed by atoms with Crippen LogP contribution in [0.1, 0.15) is 49.4 Å². The summed E-state index contributed by atoms with van der Waals surface area (Å²) in [5.41, 5.74) is 8.00. The molecule has 0 radical (unpaired) electrons. The van der Waals surface area contributed by atoms with Gasteiger partial charge < -0.3 is 11.1 Å². The van der Waals surface area contributed by atoms with Crippen molar-refractivity contribution in [2.24, 2.45) is 0 Å². The summed E-state index contributed by atoms with van der Waals surface area (Å²) in [6.07, 6.45) is 5.10.